The van der Waals surface area contributed by atoms with Crippen molar-refractivity contribution in [2.45, 2.75) is 26.4 Å². The molecule has 1 atom stereocenters. The molecule has 0 aromatic heterocycles. The summed E-state index contributed by atoms with van der Waals surface area (Å²) in [7, 11) is 0. The number of carbonyl (C=O) groups excluding carboxylic acids is 3. The minimum atomic E-state index is -0.716. The molecule has 2 aromatic carbocycles. The Labute approximate surface area is 173 Å². The Morgan fingerprint density at radius 3 is 2.57 bits per heavy atom. The van der Waals surface area contributed by atoms with Crippen molar-refractivity contribution in [3.8, 4) is 5.75 Å². The Kier molecular flexibility index (Phi) is 6.46. The number of hydrogen-bond donors (Lipinski definition) is 2. The normalized spacial score (nSPS) is 15.8. The maximum Gasteiger partial charge on any atom is 0.329 e. The third-order valence-electron chi connectivity index (χ3n) is 4.52. The van der Waals surface area contributed by atoms with Gasteiger partial charge in [-0.2, -0.15) is 0 Å². The van der Waals surface area contributed by atoms with Gasteiger partial charge in [0.15, 0.2) is 0 Å². The van der Waals surface area contributed by atoms with E-state index < -0.39 is 30.2 Å². The molecule has 0 radical (unpaired) electrons. The van der Waals surface area contributed by atoms with E-state index in [2.05, 4.69) is 10.6 Å². The third kappa shape index (κ3) is 5.02. The van der Waals surface area contributed by atoms with Crippen LogP contribution in [0, 0.1) is 5.82 Å². The number of amides is 4. The predicted octanol–water partition coefficient (Wildman–Crippen LogP) is 3.53. The maximum absolute atomic E-state index is 13.6. The summed E-state index contributed by atoms with van der Waals surface area (Å²) in [4.78, 5) is 37.6. The lowest BCUT2D eigenvalue weighted by atomic mass is 10.2. The quantitative estimate of drug-likeness (QED) is 0.539. The largest absolute Gasteiger partial charge is 0.491 e. The zero-order chi connectivity index (χ0) is 21.7. The number of ether oxygens (including phenoxy) is 1. The van der Waals surface area contributed by atoms with Gasteiger partial charge in [0, 0.05) is 0 Å². The van der Waals surface area contributed by atoms with Crippen LogP contribution in [0.15, 0.2) is 54.2 Å². The molecule has 1 heterocycles. The SMILES string of the molecule is CC[C@@H](C)Oc1ccc(/C=C2/NC(=O)N(CC(=O)Nc3ccccc3F)C2=O)cc1. The lowest BCUT2D eigenvalue weighted by Crippen LogP contribution is -2.38. The molecule has 2 aromatic rings. The predicted molar refractivity (Wildman–Crippen MR) is 110 cm³/mol. The topological polar surface area (TPSA) is 87.7 Å². The average Bonchev–Trinajstić information content (AvgIpc) is 2.98. The van der Waals surface area contributed by atoms with Gasteiger partial charge in [-0.1, -0.05) is 31.2 Å². The smallest absolute Gasteiger partial charge is 0.329 e. The number of benzene rings is 2. The van der Waals surface area contributed by atoms with Crippen LogP contribution in [0.25, 0.3) is 6.08 Å². The van der Waals surface area contributed by atoms with Crippen LogP contribution in [0.5, 0.6) is 5.75 Å². The molecule has 0 aliphatic carbocycles. The van der Waals surface area contributed by atoms with Gasteiger partial charge in [0.2, 0.25) is 5.91 Å². The summed E-state index contributed by atoms with van der Waals surface area (Å²) in [5.74, 6) is -1.22. The Morgan fingerprint density at radius 2 is 1.90 bits per heavy atom. The van der Waals surface area contributed by atoms with E-state index in [1.807, 2.05) is 13.8 Å². The van der Waals surface area contributed by atoms with Crippen molar-refractivity contribution in [1.29, 1.82) is 0 Å². The first kappa shape index (κ1) is 21.0. The second kappa shape index (κ2) is 9.21. The second-order valence-corrected chi connectivity index (χ2v) is 6.81. The van der Waals surface area contributed by atoms with Crippen LogP contribution in [-0.4, -0.2) is 35.4 Å². The number of para-hydroxylation sites is 1. The van der Waals surface area contributed by atoms with Crippen molar-refractivity contribution in [2.24, 2.45) is 0 Å². The van der Waals surface area contributed by atoms with Crippen LogP contribution < -0.4 is 15.4 Å². The number of carbonyl (C=O) groups is 3. The number of nitrogens with one attached hydrogen (secondary N) is 2. The summed E-state index contributed by atoms with van der Waals surface area (Å²) in [6, 6.07) is 12.0. The Hall–Kier alpha value is -3.68. The molecule has 156 valence electrons. The fourth-order valence-electron chi connectivity index (χ4n) is 2.74. The number of imide groups is 1. The molecule has 30 heavy (non-hydrogen) atoms. The summed E-state index contributed by atoms with van der Waals surface area (Å²) >= 11 is 0. The van der Waals surface area contributed by atoms with E-state index in [0.717, 1.165) is 11.3 Å². The van der Waals surface area contributed by atoms with Gasteiger partial charge in [0.1, 0.15) is 23.8 Å². The minimum Gasteiger partial charge on any atom is -0.491 e. The highest BCUT2D eigenvalue weighted by atomic mass is 19.1. The van der Waals surface area contributed by atoms with Crippen LogP contribution in [0.3, 0.4) is 0 Å². The van der Waals surface area contributed by atoms with Crippen LogP contribution in [0.1, 0.15) is 25.8 Å². The van der Waals surface area contributed by atoms with Crippen LogP contribution in [-0.2, 0) is 9.59 Å². The first-order valence-electron chi connectivity index (χ1n) is 9.53. The lowest BCUT2D eigenvalue weighted by Gasteiger charge is -2.12. The van der Waals surface area contributed by atoms with Crippen molar-refractivity contribution in [3.05, 3.63) is 65.6 Å². The van der Waals surface area contributed by atoms with Crippen LogP contribution in [0.4, 0.5) is 14.9 Å². The molecule has 1 saturated heterocycles. The molecule has 0 unspecified atom stereocenters. The fraction of sp³-hybridized carbons (Fsp3) is 0.227. The summed E-state index contributed by atoms with van der Waals surface area (Å²) in [5.41, 5.74) is 0.715. The number of urea groups is 1. The molecule has 0 spiro atoms. The van der Waals surface area contributed by atoms with E-state index in [0.29, 0.717) is 11.3 Å². The van der Waals surface area contributed by atoms with Gasteiger partial charge in [-0.25, -0.2) is 14.1 Å². The summed E-state index contributed by atoms with van der Waals surface area (Å²) < 4.78 is 19.4. The van der Waals surface area contributed by atoms with E-state index in [1.165, 1.54) is 24.3 Å². The maximum atomic E-state index is 13.6. The van der Waals surface area contributed by atoms with Crippen LogP contribution >= 0.6 is 0 Å². The zero-order valence-corrected chi connectivity index (χ0v) is 16.6. The van der Waals surface area contributed by atoms with E-state index >= 15 is 0 Å². The van der Waals surface area contributed by atoms with Crippen molar-refractivity contribution < 1.29 is 23.5 Å². The second-order valence-electron chi connectivity index (χ2n) is 6.81. The molecule has 1 aliphatic heterocycles. The van der Waals surface area contributed by atoms with Gasteiger partial charge in [0.05, 0.1) is 11.8 Å². The van der Waals surface area contributed by atoms with Gasteiger partial charge in [0.25, 0.3) is 5.91 Å². The molecule has 1 fully saturated rings. The average molecular weight is 411 g/mol. The van der Waals surface area contributed by atoms with Gasteiger partial charge in [-0.3, -0.25) is 9.59 Å². The first-order chi connectivity index (χ1) is 14.4. The van der Waals surface area contributed by atoms with Crippen molar-refractivity contribution in [3.63, 3.8) is 0 Å². The highest BCUT2D eigenvalue weighted by molar-refractivity contribution is 6.15. The van der Waals surface area contributed by atoms with Gasteiger partial charge in [-0.05, 0) is 49.2 Å². The summed E-state index contributed by atoms with van der Waals surface area (Å²) in [6.45, 7) is 3.47. The molecule has 3 rings (SSSR count). The monoisotopic (exact) mass is 411 g/mol. The molecule has 8 heteroatoms. The molecule has 7 nitrogen and oxygen atoms in total. The fourth-order valence-corrected chi connectivity index (χ4v) is 2.74. The number of rotatable bonds is 7. The van der Waals surface area contributed by atoms with E-state index in [1.54, 1.807) is 30.3 Å². The molecular formula is C22H22FN3O4. The molecule has 1 aliphatic rings. The summed E-state index contributed by atoms with van der Waals surface area (Å²) in [5, 5.41) is 4.80. The van der Waals surface area contributed by atoms with Crippen LogP contribution in [0.2, 0.25) is 0 Å². The lowest BCUT2D eigenvalue weighted by molar-refractivity contribution is -0.127. The van der Waals surface area contributed by atoms with E-state index in [9.17, 15) is 18.8 Å². The zero-order valence-electron chi connectivity index (χ0n) is 16.6. The molecule has 4 amide bonds. The highest BCUT2D eigenvalue weighted by Crippen LogP contribution is 2.19. The highest BCUT2D eigenvalue weighted by Gasteiger charge is 2.35. The Morgan fingerprint density at radius 1 is 1.20 bits per heavy atom. The minimum absolute atomic E-state index is 0.0231. The van der Waals surface area contributed by atoms with Crippen molar-refractivity contribution >= 4 is 29.6 Å². The van der Waals surface area contributed by atoms with Crippen molar-refractivity contribution in [2.75, 3.05) is 11.9 Å². The van der Waals surface area contributed by atoms with Gasteiger partial charge in [-0.15, -0.1) is 0 Å². The summed E-state index contributed by atoms with van der Waals surface area (Å²) in [6.07, 6.45) is 2.49. The number of anilines is 1. The van der Waals surface area contributed by atoms with Crippen molar-refractivity contribution in [1.82, 2.24) is 10.2 Å². The number of halogens is 1. The molecule has 0 bridgehead atoms. The van der Waals surface area contributed by atoms with E-state index in [4.69, 9.17) is 4.74 Å². The molecular weight excluding hydrogens is 389 g/mol. The van der Waals surface area contributed by atoms with Gasteiger partial charge < -0.3 is 15.4 Å². The molecule has 2 N–H and O–H groups in total. The van der Waals surface area contributed by atoms with E-state index in [-0.39, 0.29) is 17.5 Å². The Bertz CT molecular complexity index is 988. The Balaban J connectivity index is 1.65. The first-order valence-corrected chi connectivity index (χ1v) is 9.53. The third-order valence-corrected chi connectivity index (χ3v) is 4.52. The standard InChI is InChI=1S/C22H22FN3O4/c1-3-14(2)30-16-10-8-15(9-11-16)12-19-21(28)26(22(29)25-19)13-20(27)24-18-7-5-4-6-17(18)23/h4-12,14H,3,13H2,1-2H3,(H,24,27)(H,25,29)/b19-12+/t14-/m1/s1. The number of nitrogens with zero attached hydrogens (tertiary/aromatic N) is 1. The number of hydrogen-bond acceptors (Lipinski definition) is 4. The molecule has 0 saturated carbocycles. The van der Waals surface area contributed by atoms with Gasteiger partial charge >= 0.3 is 6.03 Å².